The number of halogens is 3. The number of amides is 1. The third kappa shape index (κ3) is 3.49. The van der Waals surface area contributed by atoms with E-state index >= 15 is 0 Å². The standard InChI is InChI=1S/C12H14BrF2NO/c1-3-4-5-16(2)12(17)11-9(14)6-8(13)7-10(11)15/h6-7H,3-5H2,1-2H3. The van der Waals surface area contributed by atoms with Crippen LogP contribution < -0.4 is 0 Å². The molecule has 0 heterocycles. The minimum absolute atomic E-state index is 0.278. The zero-order chi connectivity index (χ0) is 13.0. The van der Waals surface area contributed by atoms with Gasteiger partial charge in [0.1, 0.15) is 17.2 Å². The fraction of sp³-hybridized carbons (Fsp3) is 0.417. The first-order chi connectivity index (χ1) is 7.97. The van der Waals surface area contributed by atoms with E-state index in [2.05, 4.69) is 15.9 Å². The lowest BCUT2D eigenvalue weighted by Crippen LogP contribution is -2.29. The van der Waals surface area contributed by atoms with Crippen molar-refractivity contribution in [3.05, 3.63) is 33.8 Å². The number of nitrogens with zero attached hydrogens (tertiary/aromatic N) is 1. The summed E-state index contributed by atoms with van der Waals surface area (Å²) in [6.07, 6.45) is 1.73. The Kier molecular flexibility index (Phi) is 5.05. The summed E-state index contributed by atoms with van der Waals surface area (Å²) in [5, 5.41) is 0. The molecule has 0 aromatic heterocycles. The molecule has 0 radical (unpaired) electrons. The molecule has 0 bridgehead atoms. The molecular formula is C12H14BrF2NO. The number of unbranched alkanes of at least 4 members (excludes halogenated alkanes) is 1. The van der Waals surface area contributed by atoms with E-state index in [9.17, 15) is 13.6 Å². The van der Waals surface area contributed by atoms with Gasteiger partial charge in [-0.1, -0.05) is 29.3 Å². The number of hydrogen-bond donors (Lipinski definition) is 0. The highest BCUT2D eigenvalue weighted by molar-refractivity contribution is 9.10. The Bertz CT molecular complexity index is 400. The molecule has 1 aromatic carbocycles. The van der Waals surface area contributed by atoms with Crippen LogP contribution in [0.5, 0.6) is 0 Å². The molecule has 1 amide bonds. The van der Waals surface area contributed by atoms with Gasteiger partial charge in [-0.05, 0) is 18.6 Å². The zero-order valence-electron chi connectivity index (χ0n) is 9.77. The molecule has 0 fully saturated rings. The van der Waals surface area contributed by atoms with Crippen LogP contribution in [0.2, 0.25) is 0 Å². The summed E-state index contributed by atoms with van der Waals surface area (Å²) in [6.45, 7) is 2.48. The van der Waals surface area contributed by atoms with E-state index in [0.29, 0.717) is 6.54 Å². The Morgan fingerprint density at radius 2 is 1.88 bits per heavy atom. The molecule has 17 heavy (non-hydrogen) atoms. The van der Waals surface area contributed by atoms with Gasteiger partial charge in [-0.15, -0.1) is 0 Å². The van der Waals surface area contributed by atoms with Gasteiger partial charge in [0.05, 0.1) is 0 Å². The van der Waals surface area contributed by atoms with Crippen LogP contribution >= 0.6 is 15.9 Å². The molecule has 0 saturated heterocycles. The first-order valence-corrected chi connectivity index (χ1v) is 6.16. The van der Waals surface area contributed by atoms with Crippen LogP contribution in [0.1, 0.15) is 30.1 Å². The fourth-order valence-corrected chi connectivity index (χ4v) is 1.84. The van der Waals surface area contributed by atoms with Gasteiger partial charge in [0.15, 0.2) is 0 Å². The largest absolute Gasteiger partial charge is 0.342 e. The lowest BCUT2D eigenvalue weighted by Gasteiger charge is -2.17. The van der Waals surface area contributed by atoms with Gasteiger partial charge in [-0.2, -0.15) is 0 Å². The Morgan fingerprint density at radius 1 is 1.35 bits per heavy atom. The van der Waals surface area contributed by atoms with Gasteiger partial charge in [0.2, 0.25) is 0 Å². The monoisotopic (exact) mass is 305 g/mol. The van der Waals surface area contributed by atoms with E-state index in [4.69, 9.17) is 0 Å². The van der Waals surface area contributed by atoms with Crippen LogP contribution in [0.3, 0.4) is 0 Å². The van der Waals surface area contributed by atoms with Crippen molar-refractivity contribution in [3.63, 3.8) is 0 Å². The van der Waals surface area contributed by atoms with Gasteiger partial charge in [0.25, 0.3) is 5.91 Å². The van der Waals surface area contributed by atoms with E-state index < -0.39 is 23.1 Å². The van der Waals surface area contributed by atoms with Gasteiger partial charge in [-0.3, -0.25) is 4.79 Å². The second-order valence-corrected chi connectivity index (χ2v) is 4.74. The topological polar surface area (TPSA) is 20.3 Å². The molecule has 0 unspecified atom stereocenters. The van der Waals surface area contributed by atoms with Crippen molar-refractivity contribution in [3.8, 4) is 0 Å². The number of rotatable bonds is 4. The number of benzene rings is 1. The Labute approximate surface area is 108 Å². The van der Waals surface area contributed by atoms with Crippen molar-refractivity contribution < 1.29 is 13.6 Å². The Balaban J connectivity index is 2.96. The molecule has 2 nitrogen and oxygen atoms in total. The third-order valence-corrected chi connectivity index (χ3v) is 2.87. The summed E-state index contributed by atoms with van der Waals surface area (Å²) in [5.74, 6) is -2.31. The molecule has 0 aliphatic carbocycles. The molecule has 0 spiro atoms. The molecule has 0 aliphatic rings. The van der Waals surface area contributed by atoms with E-state index in [-0.39, 0.29) is 4.47 Å². The molecule has 0 atom stereocenters. The van der Waals surface area contributed by atoms with Crippen molar-refractivity contribution in [2.24, 2.45) is 0 Å². The minimum Gasteiger partial charge on any atom is -0.342 e. The average Bonchev–Trinajstić information content (AvgIpc) is 2.24. The summed E-state index contributed by atoms with van der Waals surface area (Å²) < 4.78 is 27.3. The quantitative estimate of drug-likeness (QED) is 0.832. The Morgan fingerprint density at radius 3 is 2.35 bits per heavy atom. The second-order valence-electron chi connectivity index (χ2n) is 3.82. The Hall–Kier alpha value is -0.970. The van der Waals surface area contributed by atoms with Gasteiger partial charge >= 0.3 is 0 Å². The summed E-state index contributed by atoms with van der Waals surface area (Å²) >= 11 is 2.97. The number of hydrogen-bond acceptors (Lipinski definition) is 1. The van der Waals surface area contributed by atoms with E-state index in [1.807, 2.05) is 6.92 Å². The first-order valence-electron chi connectivity index (χ1n) is 5.37. The summed E-state index contributed by atoms with van der Waals surface area (Å²) in [4.78, 5) is 13.2. The normalized spacial score (nSPS) is 10.4. The van der Waals surface area contributed by atoms with Crippen LogP contribution in [-0.2, 0) is 0 Å². The highest BCUT2D eigenvalue weighted by Crippen LogP contribution is 2.20. The highest BCUT2D eigenvalue weighted by atomic mass is 79.9. The van der Waals surface area contributed by atoms with Crippen molar-refractivity contribution in [2.75, 3.05) is 13.6 Å². The SMILES string of the molecule is CCCCN(C)C(=O)c1c(F)cc(Br)cc1F. The zero-order valence-corrected chi connectivity index (χ0v) is 11.4. The predicted molar refractivity (Wildman–Crippen MR) is 65.9 cm³/mol. The molecule has 5 heteroatoms. The van der Waals surface area contributed by atoms with Crippen molar-refractivity contribution in [1.82, 2.24) is 4.90 Å². The predicted octanol–water partition coefficient (Wildman–Crippen LogP) is 3.60. The van der Waals surface area contributed by atoms with Gasteiger partial charge in [0, 0.05) is 18.1 Å². The molecule has 0 saturated carbocycles. The fourth-order valence-electron chi connectivity index (χ4n) is 1.43. The van der Waals surface area contributed by atoms with E-state index in [1.165, 1.54) is 4.90 Å². The maximum absolute atomic E-state index is 13.5. The second kappa shape index (κ2) is 6.10. The third-order valence-electron chi connectivity index (χ3n) is 2.41. The summed E-state index contributed by atoms with van der Waals surface area (Å²) in [5.41, 5.74) is -0.494. The first kappa shape index (κ1) is 14.1. The average molecular weight is 306 g/mol. The summed E-state index contributed by atoms with van der Waals surface area (Å²) in [7, 11) is 1.54. The maximum atomic E-state index is 13.5. The van der Waals surface area contributed by atoms with Crippen LogP contribution in [0, 0.1) is 11.6 Å². The van der Waals surface area contributed by atoms with Gasteiger partial charge < -0.3 is 4.90 Å². The maximum Gasteiger partial charge on any atom is 0.259 e. The highest BCUT2D eigenvalue weighted by Gasteiger charge is 2.21. The lowest BCUT2D eigenvalue weighted by molar-refractivity contribution is 0.0783. The minimum atomic E-state index is -0.842. The van der Waals surface area contributed by atoms with Crippen LogP contribution in [-0.4, -0.2) is 24.4 Å². The lowest BCUT2D eigenvalue weighted by atomic mass is 10.1. The molecule has 0 aliphatic heterocycles. The van der Waals surface area contributed by atoms with Gasteiger partial charge in [-0.25, -0.2) is 8.78 Å². The van der Waals surface area contributed by atoms with Crippen LogP contribution in [0.15, 0.2) is 16.6 Å². The molecular weight excluding hydrogens is 292 g/mol. The van der Waals surface area contributed by atoms with Crippen LogP contribution in [0.25, 0.3) is 0 Å². The molecule has 94 valence electrons. The van der Waals surface area contributed by atoms with E-state index in [0.717, 1.165) is 25.0 Å². The van der Waals surface area contributed by atoms with Crippen LogP contribution in [0.4, 0.5) is 8.78 Å². The smallest absolute Gasteiger partial charge is 0.259 e. The van der Waals surface area contributed by atoms with Crippen molar-refractivity contribution >= 4 is 21.8 Å². The number of carbonyl (C=O) groups excluding carboxylic acids is 1. The van der Waals surface area contributed by atoms with Crippen molar-refractivity contribution in [2.45, 2.75) is 19.8 Å². The van der Waals surface area contributed by atoms with E-state index in [1.54, 1.807) is 7.05 Å². The summed E-state index contributed by atoms with van der Waals surface area (Å²) in [6, 6.07) is 2.17. The molecule has 1 aromatic rings. The van der Waals surface area contributed by atoms with Crippen molar-refractivity contribution in [1.29, 1.82) is 0 Å². The number of carbonyl (C=O) groups is 1. The molecule has 1 rings (SSSR count). The molecule has 0 N–H and O–H groups in total.